The van der Waals surface area contributed by atoms with Crippen LogP contribution in [0, 0.1) is 0 Å². The summed E-state index contributed by atoms with van der Waals surface area (Å²) in [7, 11) is 4.02. The first kappa shape index (κ1) is 20.1. The molecule has 1 aliphatic heterocycles. The molecule has 7 nitrogen and oxygen atoms in total. The Hall–Kier alpha value is -3.16. The molecule has 1 fully saturated rings. The van der Waals surface area contributed by atoms with Crippen molar-refractivity contribution < 1.29 is 9.53 Å². The Morgan fingerprint density at radius 2 is 1.80 bits per heavy atom. The third-order valence-corrected chi connectivity index (χ3v) is 5.14. The van der Waals surface area contributed by atoms with Gasteiger partial charge in [0.05, 0.1) is 24.3 Å². The van der Waals surface area contributed by atoms with Crippen molar-refractivity contribution in [1.29, 1.82) is 0 Å². The molecule has 0 spiro atoms. The van der Waals surface area contributed by atoms with Gasteiger partial charge in [0.2, 0.25) is 0 Å². The minimum Gasteiger partial charge on any atom is -0.373 e. The molecule has 30 heavy (non-hydrogen) atoms. The molecule has 3 aromatic rings. The van der Waals surface area contributed by atoms with E-state index in [9.17, 15) is 4.79 Å². The van der Waals surface area contributed by atoms with Gasteiger partial charge in [0.15, 0.2) is 5.82 Å². The van der Waals surface area contributed by atoms with Gasteiger partial charge in [-0.2, -0.15) is 0 Å². The average Bonchev–Trinajstić information content (AvgIpc) is 2.79. The van der Waals surface area contributed by atoms with E-state index in [0.717, 1.165) is 17.7 Å². The number of rotatable bonds is 5. The highest BCUT2D eigenvalue weighted by atomic mass is 16.5. The van der Waals surface area contributed by atoms with E-state index >= 15 is 0 Å². The normalized spacial score (nSPS) is 19.1. The monoisotopic (exact) mass is 403 g/mol. The van der Waals surface area contributed by atoms with Crippen molar-refractivity contribution in [1.82, 2.24) is 24.8 Å². The molecule has 0 bridgehead atoms. The zero-order chi connectivity index (χ0) is 20.9. The van der Waals surface area contributed by atoms with Crippen LogP contribution in [-0.2, 0) is 4.74 Å². The highest BCUT2D eigenvalue weighted by Crippen LogP contribution is 2.31. The molecule has 3 heterocycles. The van der Waals surface area contributed by atoms with E-state index in [1.165, 1.54) is 0 Å². The van der Waals surface area contributed by atoms with Gasteiger partial charge in [0, 0.05) is 43.4 Å². The lowest BCUT2D eigenvalue weighted by Crippen LogP contribution is -2.51. The molecule has 2 aromatic heterocycles. The minimum absolute atomic E-state index is 0.0859. The van der Waals surface area contributed by atoms with Gasteiger partial charge in [0.25, 0.3) is 5.91 Å². The highest BCUT2D eigenvalue weighted by molar-refractivity contribution is 5.94. The quantitative estimate of drug-likeness (QED) is 0.652. The lowest BCUT2D eigenvalue weighted by molar-refractivity contribution is -0.0684. The van der Waals surface area contributed by atoms with E-state index < -0.39 is 0 Å². The summed E-state index contributed by atoms with van der Waals surface area (Å²) in [6.45, 7) is 1.75. The van der Waals surface area contributed by atoms with Gasteiger partial charge in [0.1, 0.15) is 0 Å². The molecule has 0 unspecified atom stereocenters. The van der Waals surface area contributed by atoms with Gasteiger partial charge in [-0.15, -0.1) is 0 Å². The highest BCUT2D eigenvalue weighted by Gasteiger charge is 2.37. The van der Waals surface area contributed by atoms with Crippen molar-refractivity contribution in [3.05, 3.63) is 78.4 Å². The number of amides is 1. The number of nitrogens with zero attached hydrogens (tertiary/aromatic N) is 5. The van der Waals surface area contributed by atoms with Gasteiger partial charge in [-0.25, -0.2) is 9.97 Å². The van der Waals surface area contributed by atoms with E-state index in [-0.39, 0.29) is 18.1 Å². The predicted octanol–water partition coefficient (Wildman–Crippen LogP) is 2.68. The Balaban J connectivity index is 1.62. The van der Waals surface area contributed by atoms with Crippen molar-refractivity contribution in [3.63, 3.8) is 0 Å². The molecule has 2 atom stereocenters. The number of benzene rings is 1. The van der Waals surface area contributed by atoms with Crippen molar-refractivity contribution >= 4 is 5.91 Å². The molecule has 0 saturated carbocycles. The maximum absolute atomic E-state index is 13.4. The number of pyridine rings is 1. The second-order valence-electron chi connectivity index (χ2n) is 7.56. The fourth-order valence-electron chi connectivity index (χ4n) is 3.77. The van der Waals surface area contributed by atoms with Crippen molar-refractivity contribution in [2.24, 2.45) is 0 Å². The minimum atomic E-state index is -0.172. The van der Waals surface area contributed by atoms with Crippen LogP contribution in [0.25, 0.3) is 11.4 Å². The van der Waals surface area contributed by atoms with Crippen LogP contribution in [0.15, 0.2) is 67.3 Å². The number of carbonyl (C=O) groups is 1. The molecule has 1 saturated heterocycles. The zero-order valence-electron chi connectivity index (χ0n) is 17.2. The molecule has 1 aliphatic rings. The predicted molar refractivity (Wildman–Crippen MR) is 114 cm³/mol. The summed E-state index contributed by atoms with van der Waals surface area (Å²) in [5.74, 6) is 0.484. The molecule has 4 rings (SSSR count). The number of hydrogen-bond acceptors (Lipinski definition) is 6. The van der Waals surface area contributed by atoms with Crippen LogP contribution in [0.2, 0.25) is 0 Å². The summed E-state index contributed by atoms with van der Waals surface area (Å²) in [6, 6.07) is 13.6. The molecule has 0 N–H and O–H groups in total. The lowest BCUT2D eigenvalue weighted by Gasteiger charge is -2.42. The second-order valence-corrected chi connectivity index (χ2v) is 7.56. The first-order valence-electron chi connectivity index (χ1n) is 9.98. The summed E-state index contributed by atoms with van der Waals surface area (Å²) in [6.07, 6.45) is 6.48. The van der Waals surface area contributed by atoms with E-state index in [1.807, 2.05) is 61.5 Å². The first-order valence-corrected chi connectivity index (χ1v) is 9.98. The molecule has 154 valence electrons. The van der Waals surface area contributed by atoms with Crippen molar-refractivity contribution in [3.8, 4) is 11.4 Å². The largest absolute Gasteiger partial charge is 0.373 e. The van der Waals surface area contributed by atoms with Crippen molar-refractivity contribution in [2.75, 3.05) is 33.8 Å². The summed E-state index contributed by atoms with van der Waals surface area (Å²) in [4.78, 5) is 30.2. The van der Waals surface area contributed by atoms with Gasteiger partial charge >= 0.3 is 0 Å². The lowest BCUT2D eigenvalue weighted by atomic mass is 9.97. The van der Waals surface area contributed by atoms with Crippen LogP contribution in [0.3, 0.4) is 0 Å². The number of morpholine rings is 1. The Labute approximate surface area is 176 Å². The third kappa shape index (κ3) is 4.37. The van der Waals surface area contributed by atoms with Crippen LogP contribution in [0.1, 0.15) is 22.0 Å². The molecule has 0 radical (unpaired) electrons. The van der Waals surface area contributed by atoms with Gasteiger partial charge in [-0.1, -0.05) is 30.3 Å². The van der Waals surface area contributed by atoms with Crippen molar-refractivity contribution in [2.45, 2.75) is 12.1 Å². The summed E-state index contributed by atoms with van der Waals surface area (Å²) in [5.41, 5.74) is 2.40. The Bertz CT molecular complexity index is 964. The van der Waals surface area contributed by atoms with Crippen LogP contribution in [0.4, 0.5) is 0 Å². The maximum Gasteiger partial charge on any atom is 0.257 e. The number of aromatic nitrogens is 3. The van der Waals surface area contributed by atoms with Crippen LogP contribution in [0.5, 0.6) is 0 Å². The summed E-state index contributed by atoms with van der Waals surface area (Å²) >= 11 is 0. The molecular formula is C23H25N5O2. The third-order valence-electron chi connectivity index (χ3n) is 5.14. The van der Waals surface area contributed by atoms with E-state index in [1.54, 1.807) is 24.8 Å². The average molecular weight is 403 g/mol. The van der Waals surface area contributed by atoms with E-state index in [4.69, 9.17) is 4.74 Å². The van der Waals surface area contributed by atoms with Gasteiger partial charge in [-0.3, -0.25) is 9.78 Å². The Morgan fingerprint density at radius 3 is 2.47 bits per heavy atom. The van der Waals surface area contributed by atoms with E-state index in [2.05, 4.69) is 19.9 Å². The molecule has 1 amide bonds. The number of ether oxygens (including phenoxy) is 1. The number of carbonyl (C=O) groups excluding carboxylic acids is 1. The van der Waals surface area contributed by atoms with Crippen LogP contribution >= 0.6 is 0 Å². The second kappa shape index (κ2) is 9.11. The summed E-state index contributed by atoms with van der Waals surface area (Å²) < 4.78 is 6.08. The fourth-order valence-corrected chi connectivity index (χ4v) is 3.77. The number of likely N-dealkylation sites (N-methyl/N-ethyl adjacent to an activating group) is 1. The van der Waals surface area contributed by atoms with E-state index in [0.29, 0.717) is 24.5 Å². The van der Waals surface area contributed by atoms with Gasteiger partial charge in [-0.05, 0) is 31.8 Å². The zero-order valence-corrected chi connectivity index (χ0v) is 17.2. The van der Waals surface area contributed by atoms with Gasteiger partial charge < -0.3 is 14.5 Å². The maximum atomic E-state index is 13.4. The van der Waals surface area contributed by atoms with Crippen LogP contribution < -0.4 is 0 Å². The molecule has 7 heteroatoms. The molecular weight excluding hydrogens is 378 g/mol. The summed E-state index contributed by atoms with van der Waals surface area (Å²) in [5, 5.41) is 0. The topological polar surface area (TPSA) is 71.5 Å². The SMILES string of the molecule is CN(C)C[C@@H]1OCCN(C(=O)c2cnc(-c3ccncc3)nc2)[C@H]1c1ccccc1. The fraction of sp³-hybridized carbons (Fsp3) is 0.304. The smallest absolute Gasteiger partial charge is 0.257 e. The molecule has 0 aliphatic carbocycles. The Morgan fingerprint density at radius 1 is 1.10 bits per heavy atom. The Kier molecular flexibility index (Phi) is 6.11. The molecule has 1 aromatic carbocycles. The standard InChI is InChI=1S/C23H25N5O2/c1-27(2)16-20-21(17-6-4-3-5-7-17)28(12-13-30-20)23(29)19-14-25-22(26-15-19)18-8-10-24-11-9-18/h3-11,14-15,20-21H,12-13,16H2,1-2H3/t20-,21-/m0/s1. The number of hydrogen-bond donors (Lipinski definition) is 0. The first-order chi connectivity index (χ1) is 14.6. The van der Waals surface area contributed by atoms with Crippen LogP contribution in [-0.4, -0.2) is 70.6 Å².